The maximum absolute atomic E-state index is 12.0. The first-order valence-electron chi connectivity index (χ1n) is 6.78. The van der Waals surface area contributed by atoms with Crippen LogP contribution in [0.4, 0.5) is 0 Å². The van der Waals surface area contributed by atoms with Crippen LogP contribution in [-0.4, -0.2) is 39.4 Å². The van der Waals surface area contributed by atoms with E-state index in [2.05, 4.69) is 5.32 Å². The molecular formula is C15H23NO4. The highest BCUT2D eigenvalue weighted by atomic mass is 16.5. The van der Waals surface area contributed by atoms with Crippen molar-refractivity contribution in [1.82, 2.24) is 5.32 Å². The van der Waals surface area contributed by atoms with E-state index >= 15 is 0 Å². The second-order valence-electron chi connectivity index (χ2n) is 4.33. The quantitative estimate of drug-likeness (QED) is 0.703. The number of hydrogen-bond acceptors (Lipinski definition) is 4. The lowest BCUT2D eigenvalue weighted by Gasteiger charge is -2.17. The molecule has 112 valence electrons. The predicted octanol–water partition coefficient (Wildman–Crippen LogP) is 2.01. The van der Waals surface area contributed by atoms with Crippen molar-refractivity contribution in [2.75, 3.05) is 27.4 Å². The molecule has 0 heterocycles. The second-order valence-corrected chi connectivity index (χ2v) is 4.33. The van der Waals surface area contributed by atoms with Crippen molar-refractivity contribution in [2.45, 2.75) is 25.9 Å². The minimum atomic E-state index is -0.481. The minimum Gasteiger partial charge on any atom is -0.497 e. The molecule has 0 aliphatic heterocycles. The fourth-order valence-electron chi connectivity index (χ4n) is 1.68. The summed E-state index contributed by atoms with van der Waals surface area (Å²) < 4.78 is 15.7. The Balaban J connectivity index is 2.46. The second kappa shape index (κ2) is 9.20. The Bertz CT molecular complexity index is 391. The zero-order chi connectivity index (χ0) is 14.8. The molecule has 0 spiro atoms. The van der Waals surface area contributed by atoms with Crippen molar-refractivity contribution in [2.24, 2.45) is 0 Å². The molecule has 1 amide bonds. The van der Waals surface area contributed by atoms with Crippen molar-refractivity contribution in [3.63, 3.8) is 0 Å². The first-order valence-corrected chi connectivity index (χ1v) is 6.78. The van der Waals surface area contributed by atoms with E-state index in [0.29, 0.717) is 25.3 Å². The third kappa shape index (κ3) is 5.48. The van der Waals surface area contributed by atoms with E-state index in [0.717, 1.165) is 12.2 Å². The van der Waals surface area contributed by atoms with Gasteiger partial charge in [-0.3, -0.25) is 4.79 Å². The molecule has 1 aromatic carbocycles. The number of methoxy groups -OCH3 is 2. The average Bonchev–Trinajstić information content (AvgIpc) is 2.49. The first-order chi connectivity index (χ1) is 9.71. The topological polar surface area (TPSA) is 56.8 Å². The van der Waals surface area contributed by atoms with E-state index in [4.69, 9.17) is 14.2 Å². The van der Waals surface area contributed by atoms with Gasteiger partial charge in [0.2, 0.25) is 0 Å². The van der Waals surface area contributed by atoms with E-state index in [9.17, 15) is 4.79 Å². The summed E-state index contributed by atoms with van der Waals surface area (Å²) in [6, 6.07) is 7.19. The number of nitrogens with one attached hydrogen (secondary N) is 1. The largest absolute Gasteiger partial charge is 0.497 e. The van der Waals surface area contributed by atoms with Crippen LogP contribution in [-0.2, 0) is 9.53 Å². The van der Waals surface area contributed by atoms with Gasteiger partial charge in [0.1, 0.15) is 11.5 Å². The van der Waals surface area contributed by atoms with Gasteiger partial charge in [-0.2, -0.15) is 0 Å². The predicted molar refractivity (Wildman–Crippen MR) is 77.2 cm³/mol. The van der Waals surface area contributed by atoms with Crippen LogP contribution >= 0.6 is 0 Å². The summed E-state index contributed by atoms with van der Waals surface area (Å²) in [7, 11) is 3.25. The molecular weight excluding hydrogens is 258 g/mol. The fraction of sp³-hybridized carbons (Fsp3) is 0.533. The molecule has 5 heteroatoms. The molecule has 0 aliphatic carbocycles. The Hall–Kier alpha value is -1.75. The summed E-state index contributed by atoms with van der Waals surface area (Å²) >= 11 is 0. The number of ether oxygens (including phenoxy) is 3. The molecule has 0 aliphatic rings. The number of carbonyl (C=O) groups is 1. The molecule has 1 atom stereocenters. The van der Waals surface area contributed by atoms with Gasteiger partial charge < -0.3 is 19.5 Å². The molecule has 0 saturated carbocycles. The van der Waals surface area contributed by atoms with Crippen LogP contribution < -0.4 is 14.8 Å². The molecule has 0 fully saturated rings. The van der Waals surface area contributed by atoms with Crippen LogP contribution in [0.5, 0.6) is 11.5 Å². The summed E-state index contributed by atoms with van der Waals surface area (Å²) in [6.45, 7) is 3.15. The van der Waals surface area contributed by atoms with Gasteiger partial charge in [-0.05, 0) is 37.1 Å². The van der Waals surface area contributed by atoms with Gasteiger partial charge in [-0.25, -0.2) is 0 Å². The zero-order valence-corrected chi connectivity index (χ0v) is 12.3. The smallest absolute Gasteiger partial charge is 0.261 e. The normalized spacial score (nSPS) is 11.8. The summed E-state index contributed by atoms with van der Waals surface area (Å²) in [5.74, 6) is 1.32. The Morgan fingerprint density at radius 2 is 1.85 bits per heavy atom. The van der Waals surface area contributed by atoms with E-state index in [1.165, 1.54) is 0 Å². The molecule has 0 saturated heterocycles. The summed E-state index contributed by atoms with van der Waals surface area (Å²) in [5.41, 5.74) is 0. The van der Waals surface area contributed by atoms with Gasteiger partial charge in [-0.15, -0.1) is 0 Å². The van der Waals surface area contributed by atoms with E-state index < -0.39 is 6.10 Å². The number of benzene rings is 1. The maximum Gasteiger partial charge on any atom is 0.261 e. The lowest BCUT2D eigenvalue weighted by atomic mass is 10.2. The Labute approximate surface area is 120 Å². The highest BCUT2D eigenvalue weighted by Crippen LogP contribution is 2.18. The van der Waals surface area contributed by atoms with E-state index in [-0.39, 0.29) is 5.91 Å². The maximum atomic E-state index is 12.0. The van der Waals surface area contributed by atoms with Crippen molar-refractivity contribution in [3.8, 4) is 11.5 Å². The Morgan fingerprint density at radius 1 is 1.20 bits per heavy atom. The molecule has 0 unspecified atom stereocenters. The molecule has 0 radical (unpaired) electrons. The highest BCUT2D eigenvalue weighted by molar-refractivity contribution is 5.81. The fourth-order valence-corrected chi connectivity index (χ4v) is 1.68. The number of rotatable bonds is 9. The van der Waals surface area contributed by atoms with E-state index in [1.807, 2.05) is 6.92 Å². The summed E-state index contributed by atoms with van der Waals surface area (Å²) in [6.07, 6.45) is 0.925. The number of hydrogen-bond donors (Lipinski definition) is 1. The SMILES string of the molecule is CC[C@@H](Oc1ccc(OC)cc1)C(=O)NCCCOC. The molecule has 1 aromatic rings. The number of amides is 1. The highest BCUT2D eigenvalue weighted by Gasteiger charge is 2.17. The van der Waals surface area contributed by atoms with E-state index in [1.54, 1.807) is 38.5 Å². The van der Waals surface area contributed by atoms with Crippen molar-refractivity contribution >= 4 is 5.91 Å². The molecule has 0 bridgehead atoms. The monoisotopic (exact) mass is 281 g/mol. The molecule has 1 N–H and O–H groups in total. The van der Waals surface area contributed by atoms with Gasteiger partial charge in [0.15, 0.2) is 6.10 Å². The summed E-state index contributed by atoms with van der Waals surface area (Å²) in [5, 5.41) is 2.84. The van der Waals surface area contributed by atoms with Gasteiger partial charge in [0, 0.05) is 20.3 Å². The molecule has 1 rings (SSSR count). The minimum absolute atomic E-state index is 0.0978. The van der Waals surface area contributed by atoms with Crippen molar-refractivity contribution in [1.29, 1.82) is 0 Å². The first kappa shape index (κ1) is 16.3. The lowest BCUT2D eigenvalue weighted by Crippen LogP contribution is -2.38. The van der Waals surface area contributed by atoms with Gasteiger partial charge in [0.25, 0.3) is 5.91 Å². The van der Waals surface area contributed by atoms with Crippen LogP contribution in [0.15, 0.2) is 24.3 Å². The van der Waals surface area contributed by atoms with Gasteiger partial charge in [-0.1, -0.05) is 6.92 Å². The average molecular weight is 281 g/mol. The van der Waals surface area contributed by atoms with Crippen LogP contribution in [0.1, 0.15) is 19.8 Å². The van der Waals surface area contributed by atoms with Crippen LogP contribution in [0.3, 0.4) is 0 Å². The van der Waals surface area contributed by atoms with Crippen LogP contribution in [0.2, 0.25) is 0 Å². The van der Waals surface area contributed by atoms with Gasteiger partial charge in [0.05, 0.1) is 7.11 Å². The third-order valence-corrected chi connectivity index (χ3v) is 2.83. The zero-order valence-electron chi connectivity index (χ0n) is 12.3. The van der Waals surface area contributed by atoms with Crippen LogP contribution in [0, 0.1) is 0 Å². The van der Waals surface area contributed by atoms with Crippen molar-refractivity contribution < 1.29 is 19.0 Å². The van der Waals surface area contributed by atoms with Crippen LogP contribution in [0.25, 0.3) is 0 Å². The third-order valence-electron chi connectivity index (χ3n) is 2.83. The molecule has 0 aromatic heterocycles. The standard InChI is InChI=1S/C15H23NO4/c1-4-14(15(17)16-10-5-11-18-2)20-13-8-6-12(19-3)7-9-13/h6-9,14H,4-5,10-11H2,1-3H3,(H,16,17)/t14-/m1/s1. The molecule has 20 heavy (non-hydrogen) atoms. The summed E-state index contributed by atoms with van der Waals surface area (Å²) in [4.78, 5) is 12.0. The Kier molecular flexibility index (Phi) is 7.50. The lowest BCUT2D eigenvalue weighted by molar-refractivity contribution is -0.128. The van der Waals surface area contributed by atoms with Gasteiger partial charge >= 0.3 is 0 Å². The Morgan fingerprint density at radius 3 is 2.40 bits per heavy atom. The molecule has 5 nitrogen and oxygen atoms in total. The number of carbonyl (C=O) groups excluding carboxylic acids is 1. The van der Waals surface area contributed by atoms with Crippen molar-refractivity contribution in [3.05, 3.63) is 24.3 Å².